The summed E-state index contributed by atoms with van der Waals surface area (Å²) in [7, 11) is 0. The number of hydrogen-bond donors (Lipinski definition) is 1. The van der Waals surface area contributed by atoms with Crippen molar-refractivity contribution in [2.24, 2.45) is 16.7 Å². The zero-order chi connectivity index (χ0) is 14.1. The summed E-state index contributed by atoms with van der Waals surface area (Å²) in [6.07, 6.45) is 4.37. The van der Waals surface area contributed by atoms with E-state index in [0.29, 0.717) is 16.9 Å². The number of hydrogen-bond acceptors (Lipinski definition) is 2. The van der Waals surface area contributed by atoms with Crippen molar-refractivity contribution < 1.29 is 0 Å². The van der Waals surface area contributed by atoms with Crippen molar-refractivity contribution in [3.63, 3.8) is 0 Å². The van der Waals surface area contributed by atoms with E-state index >= 15 is 0 Å². The highest BCUT2D eigenvalue weighted by Crippen LogP contribution is 2.57. The Hall–Kier alpha value is -0.890. The van der Waals surface area contributed by atoms with Crippen molar-refractivity contribution in [3.05, 3.63) is 30.1 Å². The highest BCUT2D eigenvalue weighted by Gasteiger charge is 2.54. The van der Waals surface area contributed by atoms with Gasteiger partial charge in [-0.05, 0) is 41.7 Å². The first-order chi connectivity index (χ1) is 8.91. The third-order valence-corrected chi connectivity index (χ3v) is 6.05. The van der Waals surface area contributed by atoms with Crippen LogP contribution >= 0.6 is 0 Å². The molecule has 0 spiro atoms. The molecule has 2 heteroatoms. The Balaban J connectivity index is 2.08. The van der Waals surface area contributed by atoms with Crippen molar-refractivity contribution in [2.75, 3.05) is 0 Å². The molecule has 0 radical (unpaired) electrons. The number of rotatable bonds is 4. The standard InChI is InChI=1S/C17H28N2/c1-6-17(5)15(11-13(2)16(17,3)4)19-12-14-9-7-8-10-18-14/h7-10,13,15,19H,6,11-12H2,1-5H3. The maximum absolute atomic E-state index is 4.41. The minimum atomic E-state index is 0.362. The molecule has 2 rings (SSSR count). The molecule has 1 saturated carbocycles. The fourth-order valence-corrected chi connectivity index (χ4v) is 3.66. The summed E-state index contributed by atoms with van der Waals surface area (Å²) in [5.41, 5.74) is 1.89. The van der Waals surface area contributed by atoms with Crippen LogP contribution in [0.25, 0.3) is 0 Å². The molecule has 0 aliphatic heterocycles. The molecule has 1 aromatic rings. The Morgan fingerprint density at radius 1 is 1.32 bits per heavy atom. The summed E-state index contributed by atoms with van der Waals surface area (Å²) < 4.78 is 0. The molecule has 3 unspecified atom stereocenters. The van der Waals surface area contributed by atoms with E-state index in [0.717, 1.165) is 18.2 Å². The van der Waals surface area contributed by atoms with Crippen LogP contribution in [-0.4, -0.2) is 11.0 Å². The quantitative estimate of drug-likeness (QED) is 0.884. The van der Waals surface area contributed by atoms with Gasteiger partial charge >= 0.3 is 0 Å². The van der Waals surface area contributed by atoms with E-state index in [1.165, 1.54) is 12.8 Å². The Morgan fingerprint density at radius 2 is 2.05 bits per heavy atom. The smallest absolute Gasteiger partial charge is 0.0541 e. The van der Waals surface area contributed by atoms with Crippen molar-refractivity contribution in [1.82, 2.24) is 10.3 Å². The molecule has 1 fully saturated rings. The first-order valence-electron chi connectivity index (χ1n) is 7.55. The summed E-state index contributed by atoms with van der Waals surface area (Å²) in [6, 6.07) is 6.72. The largest absolute Gasteiger partial charge is 0.308 e. The zero-order valence-electron chi connectivity index (χ0n) is 13.0. The van der Waals surface area contributed by atoms with Gasteiger partial charge in [-0.15, -0.1) is 0 Å². The Morgan fingerprint density at radius 3 is 2.63 bits per heavy atom. The van der Waals surface area contributed by atoms with Crippen LogP contribution in [-0.2, 0) is 6.54 Å². The van der Waals surface area contributed by atoms with Crippen LogP contribution in [0.2, 0.25) is 0 Å². The SMILES string of the molecule is CCC1(C)C(NCc2ccccn2)CC(C)C1(C)C. The maximum atomic E-state index is 4.41. The van der Waals surface area contributed by atoms with E-state index < -0.39 is 0 Å². The predicted octanol–water partition coefficient (Wildman–Crippen LogP) is 4.02. The van der Waals surface area contributed by atoms with Gasteiger partial charge in [0.05, 0.1) is 5.69 Å². The molecule has 0 bridgehead atoms. The Bertz CT molecular complexity index is 413. The van der Waals surface area contributed by atoms with Crippen LogP contribution in [0.5, 0.6) is 0 Å². The molecule has 2 nitrogen and oxygen atoms in total. The van der Waals surface area contributed by atoms with E-state index in [-0.39, 0.29) is 0 Å². The molecule has 0 amide bonds. The second kappa shape index (κ2) is 5.24. The number of nitrogens with one attached hydrogen (secondary N) is 1. The highest BCUT2D eigenvalue weighted by molar-refractivity contribution is 5.08. The molecular weight excluding hydrogens is 232 g/mol. The summed E-state index contributed by atoms with van der Waals surface area (Å²) in [5.74, 6) is 0.763. The van der Waals surface area contributed by atoms with Crippen LogP contribution < -0.4 is 5.32 Å². The van der Waals surface area contributed by atoms with Crippen LogP contribution in [0.3, 0.4) is 0 Å². The van der Waals surface area contributed by atoms with Gasteiger partial charge in [0.2, 0.25) is 0 Å². The minimum absolute atomic E-state index is 0.362. The lowest BCUT2D eigenvalue weighted by Gasteiger charge is -2.43. The topological polar surface area (TPSA) is 24.9 Å². The first-order valence-corrected chi connectivity index (χ1v) is 7.55. The van der Waals surface area contributed by atoms with Crippen LogP contribution in [0.15, 0.2) is 24.4 Å². The van der Waals surface area contributed by atoms with E-state index in [4.69, 9.17) is 0 Å². The van der Waals surface area contributed by atoms with Crippen LogP contribution in [0, 0.1) is 16.7 Å². The number of pyridine rings is 1. The molecule has 1 aromatic heterocycles. The monoisotopic (exact) mass is 260 g/mol. The second-order valence-electron chi connectivity index (χ2n) is 6.88. The van der Waals surface area contributed by atoms with Crippen molar-refractivity contribution in [3.8, 4) is 0 Å². The fourth-order valence-electron chi connectivity index (χ4n) is 3.66. The molecule has 0 saturated heterocycles. The summed E-state index contributed by atoms with van der Waals surface area (Å²) in [6.45, 7) is 12.9. The molecule has 1 aliphatic rings. The fraction of sp³-hybridized carbons (Fsp3) is 0.706. The van der Waals surface area contributed by atoms with Gasteiger partial charge in [0, 0.05) is 18.8 Å². The average Bonchev–Trinajstić information content (AvgIpc) is 2.58. The third kappa shape index (κ3) is 2.43. The highest BCUT2D eigenvalue weighted by atomic mass is 15.0. The minimum Gasteiger partial charge on any atom is -0.308 e. The number of nitrogens with zero attached hydrogens (tertiary/aromatic N) is 1. The third-order valence-electron chi connectivity index (χ3n) is 6.05. The average molecular weight is 260 g/mol. The van der Waals surface area contributed by atoms with E-state index in [1.54, 1.807) is 0 Å². The van der Waals surface area contributed by atoms with Crippen LogP contribution in [0.4, 0.5) is 0 Å². The van der Waals surface area contributed by atoms with Gasteiger partial charge in [0.15, 0.2) is 0 Å². The Kier molecular flexibility index (Phi) is 4.00. The molecular formula is C17H28N2. The van der Waals surface area contributed by atoms with Gasteiger partial charge in [0.1, 0.15) is 0 Å². The molecule has 19 heavy (non-hydrogen) atoms. The van der Waals surface area contributed by atoms with Crippen molar-refractivity contribution in [1.29, 1.82) is 0 Å². The maximum Gasteiger partial charge on any atom is 0.0541 e. The van der Waals surface area contributed by atoms with Gasteiger partial charge in [-0.3, -0.25) is 4.98 Å². The molecule has 1 heterocycles. The predicted molar refractivity (Wildman–Crippen MR) is 80.8 cm³/mol. The lowest BCUT2D eigenvalue weighted by Crippen LogP contribution is -2.45. The molecule has 106 valence electrons. The van der Waals surface area contributed by atoms with Gasteiger partial charge in [0.25, 0.3) is 0 Å². The lowest BCUT2D eigenvalue weighted by molar-refractivity contribution is 0.0702. The molecule has 0 aromatic carbocycles. The van der Waals surface area contributed by atoms with E-state index in [9.17, 15) is 0 Å². The summed E-state index contributed by atoms with van der Waals surface area (Å²) in [5, 5.41) is 3.76. The van der Waals surface area contributed by atoms with Crippen LogP contribution in [0.1, 0.15) is 53.2 Å². The normalized spacial score (nSPS) is 33.5. The van der Waals surface area contributed by atoms with E-state index in [1.807, 2.05) is 12.3 Å². The van der Waals surface area contributed by atoms with Gasteiger partial charge < -0.3 is 5.32 Å². The lowest BCUT2D eigenvalue weighted by atomic mass is 9.63. The molecule has 3 atom stereocenters. The first kappa shape index (κ1) is 14.5. The summed E-state index contributed by atoms with van der Waals surface area (Å²) >= 11 is 0. The van der Waals surface area contributed by atoms with E-state index in [2.05, 4.69) is 57.1 Å². The Labute approximate surface area is 118 Å². The zero-order valence-corrected chi connectivity index (χ0v) is 13.0. The number of aromatic nitrogens is 1. The molecule has 1 aliphatic carbocycles. The molecule has 1 N–H and O–H groups in total. The second-order valence-corrected chi connectivity index (χ2v) is 6.88. The van der Waals surface area contributed by atoms with Gasteiger partial charge in [-0.25, -0.2) is 0 Å². The van der Waals surface area contributed by atoms with Gasteiger partial charge in [-0.1, -0.05) is 40.7 Å². The van der Waals surface area contributed by atoms with Crippen molar-refractivity contribution in [2.45, 2.75) is 60.0 Å². The van der Waals surface area contributed by atoms with Crippen molar-refractivity contribution >= 4 is 0 Å². The van der Waals surface area contributed by atoms with Gasteiger partial charge in [-0.2, -0.15) is 0 Å². The summed E-state index contributed by atoms with van der Waals surface area (Å²) in [4.78, 5) is 4.41.